The van der Waals surface area contributed by atoms with Crippen LogP contribution in [0.3, 0.4) is 0 Å². The highest BCUT2D eigenvalue weighted by Gasteiger charge is 2.36. The van der Waals surface area contributed by atoms with E-state index in [9.17, 15) is 38.7 Å². The molecule has 1 aliphatic rings. The summed E-state index contributed by atoms with van der Waals surface area (Å²) in [7, 11) is 0. The molecule has 26 nitrogen and oxygen atoms in total. The number of hydrogen-bond donors (Lipinski definition) is 10. The number of barbiturate groups is 1. The summed E-state index contributed by atoms with van der Waals surface area (Å²) in [4.78, 5) is 108. The Bertz CT molecular complexity index is 4010. The lowest BCUT2D eigenvalue weighted by Gasteiger charge is -2.22. The van der Waals surface area contributed by atoms with Crippen LogP contribution in [0.25, 0.3) is 0 Å². The number of thiazole rings is 1. The first-order chi connectivity index (χ1) is 50.8. The van der Waals surface area contributed by atoms with Crippen LogP contribution in [0.5, 0.6) is 5.75 Å². The molecule has 586 valence electrons. The van der Waals surface area contributed by atoms with Gasteiger partial charge in [0.25, 0.3) is 11.5 Å². The van der Waals surface area contributed by atoms with Crippen molar-refractivity contribution in [2.75, 3.05) is 21.7 Å². The van der Waals surface area contributed by atoms with E-state index in [0.29, 0.717) is 74.6 Å². The zero-order chi connectivity index (χ0) is 81.6. The number of urea groups is 1. The SMILES string of the molecule is CC(=O)Cc1cccc(C(C)C)n1.CC(C)C(=O)c1ccc[nH]1.CC(C)C1C(=O)NC(=O)NC1=O.CC(C)NC(=O)c1ccccn1.CC(C)Nc1ccccn1.CC(C)Nc1ccncn1.CC(C)Nc1cscn1.CC(C)c1cccc(N)n1.CC(C)c1cccn(O)c1=O.CC(C)n1cccc(O)c1=S. The smallest absolute Gasteiger partial charge is 0.328 e. The Hall–Kier alpha value is -10.9. The third kappa shape index (κ3) is 41.1. The van der Waals surface area contributed by atoms with Crippen molar-refractivity contribution in [3.05, 3.63) is 219 Å². The minimum atomic E-state index is -0.748. The number of rotatable bonds is 17. The van der Waals surface area contributed by atoms with Crippen LogP contribution in [0.1, 0.15) is 213 Å². The number of nitrogens with zero attached hydrogens (tertiary/aromatic N) is 9. The van der Waals surface area contributed by atoms with Gasteiger partial charge in [-0.2, -0.15) is 4.73 Å². The molecule has 28 heteroatoms. The van der Waals surface area contributed by atoms with Crippen LogP contribution >= 0.6 is 23.6 Å². The van der Waals surface area contributed by atoms with Gasteiger partial charge in [-0.3, -0.25) is 49.4 Å². The molecule has 5 amide bonds. The molecule has 1 saturated heterocycles. The number of ketones is 2. The normalized spacial score (nSPS) is 11.2. The van der Waals surface area contributed by atoms with Crippen molar-refractivity contribution in [1.29, 1.82) is 0 Å². The Morgan fingerprint density at radius 2 is 1.16 bits per heavy atom. The van der Waals surface area contributed by atoms with Crippen LogP contribution in [-0.2, 0) is 20.8 Å². The predicted molar refractivity (Wildman–Crippen MR) is 436 cm³/mol. The largest absolute Gasteiger partial charge is 0.505 e. The number of nitrogens with two attached hydrogens (primary N) is 1. The van der Waals surface area contributed by atoms with Gasteiger partial charge in [0.15, 0.2) is 5.78 Å². The molecule has 0 aromatic carbocycles. The van der Waals surface area contributed by atoms with Crippen LogP contribution in [-0.4, -0.2) is 119 Å². The van der Waals surface area contributed by atoms with E-state index in [0.717, 1.165) is 34.5 Å². The highest BCUT2D eigenvalue weighted by Crippen LogP contribution is 2.17. The number of aromatic nitrogens is 10. The van der Waals surface area contributed by atoms with E-state index in [1.54, 1.807) is 111 Å². The lowest BCUT2D eigenvalue weighted by Crippen LogP contribution is -2.57. The first kappa shape index (κ1) is 95.1. The first-order valence-electron chi connectivity index (χ1n) is 35.7. The van der Waals surface area contributed by atoms with E-state index in [1.807, 2.05) is 148 Å². The third-order valence-electron chi connectivity index (χ3n) is 13.7. The molecule has 9 aromatic rings. The molecule has 11 N–H and O–H groups in total. The van der Waals surface area contributed by atoms with Crippen LogP contribution in [0.15, 0.2) is 174 Å². The fourth-order valence-electron chi connectivity index (χ4n) is 8.57. The van der Waals surface area contributed by atoms with E-state index in [1.165, 1.54) is 12.5 Å². The summed E-state index contributed by atoms with van der Waals surface area (Å²) >= 11 is 6.59. The second-order valence-corrected chi connectivity index (χ2v) is 28.4. The molecule has 10 rings (SSSR count). The summed E-state index contributed by atoms with van der Waals surface area (Å²) in [5, 5.41) is 36.5. The summed E-state index contributed by atoms with van der Waals surface area (Å²) in [5.41, 5.74) is 11.8. The van der Waals surface area contributed by atoms with Gasteiger partial charge >= 0.3 is 6.03 Å². The maximum atomic E-state index is 11.3. The van der Waals surface area contributed by atoms with Gasteiger partial charge in [0.2, 0.25) is 11.8 Å². The fraction of sp³-hybridized carbons (Fsp3) is 0.412. The minimum Gasteiger partial charge on any atom is -0.505 e. The standard InChI is InChI=1S/C11H15NO.C9H12N2O.2C8H12N2.C8H11NO2.C8H11NOS.C8H11NO.C7H11N3.C7H10N2O3.C6H10N2S/c1-8(2)11-6-4-5-10(12-11)7-9(3)13;1-7(2)11-9(12)8-5-3-4-6-10-8;1-7(2)10-8-5-3-4-6-9-8;1-6(2)7-4-3-5-8(9)10-7;1-6(2)7-4-3-5-9(11)8(7)10;1-6(2)9-5-3-4-7(10)8(9)11;1-6(2)8(10)7-4-3-5-9-7;1-6(2)10-7-3-4-8-5-9-7;1-3(2)4-5(10)8-7(12)9-6(4)11;1-5(2)8-6-3-9-4-7-6/h4-6,8H,7H2,1-3H3;3-7H,1-2H3,(H,11,12);3-7H,1-2H3,(H,9,10);3-6H,1-2H3,(H2,9,10);3-6,11H,1-2H3;3-6,10H,1-2H3;3-6,9H,1-2H3;3-6H,1-2H3,(H,8,9,10);3-4H,1-2H3,(H2,8,9,10,11,12);3-5,8H,1-2H3. The van der Waals surface area contributed by atoms with Gasteiger partial charge < -0.3 is 46.9 Å². The number of nitrogen functional groups attached to an aromatic ring is 1. The van der Waals surface area contributed by atoms with Crippen LogP contribution < -0.4 is 43.2 Å². The molecule has 1 fully saturated rings. The third-order valence-corrected chi connectivity index (χ3v) is 14.7. The number of Topliss-reactive ketones (excluding diaryl/α,β-unsaturated/α-hetero) is 2. The number of hydrogen-bond acceptors (Lipinski definition) is 22. The molecule has 1 aliphatic heterocycles. The van der Waals surface area contributed by atoms with Crippen LogP contribution in [0.4, 0.5) is 28.1 Å². The molecule has 0 spiro atoms. The van der Waals surface area contributed by atoms with Crippen molar-refractivity contribution in [3.63, 3.8) is 0 Å². The number of amides is 5. The Morgan fingerprint density at radius 3 is 1.58 bits per heavy atom. The molecule has 108 heavy (non-hydrogen) atoms. The predicted octanol–water partition coefficient (Wildman–Crippen LogP) is 15.7. The number of carbonyl (C=O) groups is 6. The topological polar surface area (TPSA) is 374 Å². The average Bonchev–Trinajstić information content (AvgIpc) is 1.29. The van der Waals surface area contributed by atoms with Crippen molar-refractivity contribution < 1.29 is 39.1 Å². The van der Waals surface area contributed by atoms with Gasteiger partial charge in [-0.05, 0) is 185 Å². The first-order valence-corrected chi connectivity index (χ1v) is 37.1. The number of pyridine rings is 6. The summed E-state index contributed by atoms with van der Waals surface area (Å²) in [6, 6.07) is 36.0. The zero-order valence-corrected chi connectivity index (χ0v) is 68.0. The number of aromatic hydroxyl groups is 1. The Kier molecular flexibility index (Phi) is 46.0. The maximum Gasteiger partial charge on any atom is 0.328 e. The molecule has 0 saturated carbocycles. The number of imide groups is 2. The van der Waals surface area contributed by atoms with Crippen LogP contribution in [0, 0.1) is 22.4 Å². The summed E-state index contributed by atoms with van der Waals surface area (Å²) in [6.07, 6.45) is 12.0. The molecular formula is C80H115N17O9S2. The second-order valence-electron chi connectivity index (χ2n) is 27.3. The van der Waals surface area contributed by atoms with Gasteiger partial charge in [-0.1, -0.05) is 112 Å². The number of anilines is 4. The van der Waals surface area contributed by atoms with E-state index < -0.39 is 23.8 Å². The van der Waals surface area contributed by atoms with E-state index >= 15 is 0 Å². The van der Waals surface area contributed by atoms with Crippen molar-refractivity contribution in [2.24, 2.45) is 17.8 Å². The highest BCUT2D eigenvalue weighted by molar-refractivity contribution is 7.71. The molecule has 0 aliphatic carbocycles. The van der Waals surface area contributed by atoms with E-state index in [2.05, 4.69) is 130 Å². The summed E-state index contributed by atoms with van der Waals surface area (Å²) < 4.78 is 2.96. The van der Waals surface area contributed by atoms with Gasteiger partial charge in [-0.25, -0.2) is 29.7 Å². The quantitative estimate of drug-likeness (QED) is 0.0175. The molecule has 0 atom stereocenters. The summed E-state index contributed by atoms with van der Waals surface area (Å²) in [5.74, 6) is 3.04. The van der Waals surface area contributed by atoms with E-state index in [4.69, 9.17) is 23.2 Å². The van der Waals surface area contributed by atoms with Gasteiger partial charge in [-0.15, -0.1) is 11.3 Å². The fourth-order valence-corrected chi connectivity index (χ4v) is 9.40. The Labute approximate surface area is 646 Å². The molecule has 0 radical (unpaired) electrons. The Balaban J connectivity index is 0.000000601. The monoisotopic (exact) mass is 1520 g/mol. The number of aromatic amines is 1. The number of H-pyrrole nitrogens is 1. The highest BCUT2D eigenvalue weighted by atomic mass is 32.1. The molecule has 0 bridgehead atoms. The van der Waals surface area contributed by atoms with Crippen molar-refractivity contribution in [1.82, 2.24) is 65.1 Å². The van der Waals surface area contributed by atoms with E-state index in [-0.39, 0.29) is 52.6 Å². The van der Waals surface area contributed by atoms with Crippen molar-refractivity contribution >= 4 is 82.1 Å². The van der Waals surface area contributed by atoms with Gasteiger partial charge in [0.1, 0.15) is 57.4 Å². The second kappa shape index (κ2) is 52.2. The van der Waals surface area contributed by atoms with Crippen LogP contribution in [0.2, 0.25) is 0 Å². The average molecular weight is 1520 g/mol. The van der Waals surface area contributed by atoms with Gasteiger partial charge in [0, 0.05) is 108 Å². The van der Waals surface area contributed by atoms with Gasteiger partial charge in [0.05, 0.1) is 11.2 Å². The molecule has 0 unspecified atom stereocenters. The van der Waals surface area contributed by atoms with Crippen molar-refractivity contribution in [2.45, 2.75) is 200 Å². The number of carbonyl (C=O) groups excluding carboxylic acids is 6. The van der Waals surface area contributed by atoms with Crippen molar-refractivity contribution in [3.8, 4) is 5.75 Å². The Morgan fingerprint density at radius 1 is 0.593 bits per heavy atom. The molecule has 10 heterocycles. The zero-order valence-electron chi connectivity index (χ0n) is 66.4. The maximum absolute atomic E-state index is 11.3. The molecule has 9 aromatic heterocycles. The summed E-state index contributed by atoms with van der Waals surface area (Å²) in [6.45, 7) is 41.5. The lowest BCUT2D eigenvalue weighted by atomic mass is 9.93. The minimum absolute atomic E-state index is 0.0821. The number of nitrogens with one attached hydrogen (secondary N) is 7. The molecular weight excluding hydrogens is 1410 g/mol. The lowest BCUT2D eigenvalue weighted by molar-refractivity contribution is -0.137.